The molecule has 9 heteroatoms. The van der Waals surface area contributed by atoms with Crippen molar-refractivity contribution in [2.24, 2.45) is 0 Å². The first-order chi connectivity index (χ1) is 12.4. The molecule has 0 radical (unpaired) electrons. The molecular weight excluding hydrogens is 340 g/mol. The Morgan fingerprint density at radius 3 is 2.81 bits per heavy atom. The second-order valence-corrected chi connectivity index (χ2v) is 6.91. The highest BCUT2D eigenvalue weighted by atomic mass is 16.5. The number of amides is 2. The summed E-state index contributed by atoms with van der Waals surface area (Å²) < 4.78 is 6.61. The van der Waals surface area contributed by atoms with Crippen molar-refractivity contribution in [3.63, 3.8) is 0 Å². The van der Waals surface area contributed by atoms with Crippen LogP contribution in [0.1, 0.15) is 31.2 Å². The molecule has 1 aliphatic heterocycles. The van der Waals surface area contributed by atoms with Crippen molar-refractivity contribution in [2.45, 2.75) is 51.2 Å². The van der Waals surface area contributed by atoms with Crippen LogP contribution in [0.15, 0.2) is 15.8 Å². The average molecular weight is 364 g/mol. The number of nitrogens with zero attached hydrogens (tertiary/aromatic N) is 2. The number of morpholine rings is 1. The van der Waals surface area contributed by atoms with Crippen LogP contribution in [0.25, 0.3) is 0 Å². The largest absolute Gasteiger partial charge is 0.377 e. The number of rotatable bonds is 5. The van der Waals surface area contributed by atoms with Crippen molar-refractivity contribution in [3.8, 4) is 0 Å². The zero-order valence-corrected chi connectivity index (χ0v) is 14.8. The number of H-pyrrole nitrogens is 1. The predicted molar refractivity (Wildman–Crippen MR) is 92.8 cm³/mol. The molecule has 0 spiro atoms. The number of carbonyl (C=O) groups is 2. The van der Waals surface area contributed by atoms with Gasteiger partial charge in [-0.15, -0.1) is 0 Å². The van der Waals surface area contributed by atoms with Crippen LogP contribution in [0.5, 0.6) is 0 Å². The molecule has 2 aliphatic rings. The summed E-state index contributed by atoms with van der Waals surface area (Å²) in [7, 11) is 0. The molecule has 0 unspecified atom stereocenters. The van der Waals surface area contributed by atoms with Gasteiger partial charge in [0.2, 0.25) is 11.8 Å². The summed E-state index contributed by atoms with van der Waals surface area (Å²) in [5, 5.41) is 2.97. The fourth-order valence-corrected chi connectivity index (χ4v) is 3.18. The van der Waals surface area contributed by atoms with Crippen molar-refractivity contribution in [1.29, 1.82) is 0 Å². The first-order valence-corrected chi connectivity index (χ1v) is 8.91. The molecule has 2 N–H and O–H groups in total. The smallest absolute Gasteiger partial charge is 0.328 e. The van der Waals surface area contributed by atoms with E-state index in [2.05, 4.69) is 10.3 Å². The number of carbonyl (C=O) groups excluding carboxylic acids is 2. The number of hydrogen-bond donors (Lipinski definition) is 2. The van der Waals surface area contributed by atoms with Gasteiger partial charge in [0, 0.05) is 30.8 Å². The van der Waals surface area contributed by atoms with E-state index >= 15 is 0 Å². The molecule has 1 aromatic heterocycles. The molecule has 2 fully saturated rings. The minimum Gasteiger partial charge on any atom is -0.377 e. The third-order valence-electron chi connectivity index (χ3n) is 4.93. The number of ether oxygens (including phenoxy) is 1. The first-order valence-electron chi connectivity index (χ1n) is 8.91. The Morgan fingerprint density at radius 1 is 1.35 bits per heavy atom. The van der Waals surface area contributed by atoms with Gasteiger partial charge in [0.15, 0.2) is 0 Å². The topological polar surface area (TPSA) is 114 Å². The van der Waals surface area contributed by atoms with Crippen LogP contribution in [0.4, 0.5) is 0 Å². The van der Waals surface area contributed by atoms with Gasteiger partial charge in [-0.05, 0) is 26.2 Å². The quantitative estimate of drug-likeness (QED) is 0.705. The first kappa shape index (κ1) is 18.4. The highest BCUT2D eigenvalue weighted by Gasteiger charge is 2.30. The Kier molecular flexibility index (Phi) is 5.55. The normalized spacial score (nSPS) is 20.5. The SMILES string of the molecule is Cc1cn(CC(=O)N2CCOC[C@H]2CC(=O)NC2CCC2)c(=O)[nH]c1=O. The van der Waals surface area contributed by atoms with Gasteiger partial charge < -0.3 is 15.0 Å². The lowest BCUT2D eigenvalue weighted by Crippen LogP contribution is -2.53. The van der Waals surface area contributed by atoms with E-state index in [1.54, 1.807) is 11.8 Å². The zero-order chi connectivity index (χ0) is 18.7. The Bertz CT molecular complexity index is 795. The summed E-state index contributed by atoms with van der Waals surface area (Å²) in [5.74, 6) is -0.358. The van der Waals surface area contributed by atoms with Gasteiger partial charge in [0.05, 0.1) is 19.3 Å². The molecule has 0 bridgehead atoms. The van der Waals surface area contributed by atoms with E-state index in [-0.39, 0.29) is 36.9 Å². The van der Waals surface area contributed by atoms with Gasteiger partial charge in [0.25, 0.3) is 5.56 Å². The minimum absolute atomic E-state index is 0.0833. The predicted octanol–water partition coefficient (Wildman–Crippen LogP) is -0.869. The minimum atomic E-state index is -0.624. The van der Waals surface area contributed by atoms with Gasteiger partial charge >= 0.3 is 5.69 Å². The number of nitrogens with one attached hydrogen (secondary N) is 2. The maximum atomic E-state index is 12.7. The molecular formula is C17H24N4O5. The number of aromatic amines is 1. The fraction of sp³-hybridized carbons (Fsp3) is 0.647. The van der Waals surface area contributed by atoms with Crippen molar-refractivity contribution in [1.82, 2.24) is 19.8 Å². The lowest BCUT2D eigenvalue weighted by atomic mass is 9.93. The third-order valence-corrected chi connectivity index (χ3v) is 4.93. The van der Waals surface area contributed by atoms with Crippen LogP contribution in [0.3, 0.4) is 0 Å². The summed E-state index contributed by atoms with van der Waals surface area (Å²) in [5.41, 5.74) is -0.729. The number of hydrogen-bond acceptors (Lipinski definition) is 5. The van der Waals surface area contributed by atoms with Gasteiger partial charge in [0.1, 0.15) is 6.54 Å². The van der Waals surface area contributed by atoms with Gasteiger partial charge in [-0.3, -0.25) is 23.9 Å². The molecule has 1 atom stereocenters. The van der Waals surface area contributed by atoms with Crippen molar-refractivity contribution in [2.75, 3.05) is 19.8 Å². The monoisotopic (exact) mass is 364 g/mol. The molecule has 1 aromatic rings. The summed E-state index contributed by atoms with van der Waals surface area (Å²) in [4.78, 5) is 52.0. The summed E-state index contributed by atoms with van der Waals surface area (Å²) >= 11 is 0. The van der Waals surface area contributed by atoms with E-state index < -0.39 is 11.2 Å². The van der Waals surface area contributed by atoms with Crippen LogP contribution >= 0.6 is 0 Å². The maximum absolute atomic E-state index is 12.7. The van der Waals surface area contributed by atoms with E-state index in [1.165, 1.54) is 10.8 Å². The fourth-order valence-electron chi connectivity index (χ4n) is 3.18. The van der Waals surface area contributed by atoms with Crippen LogP contribution in [-0.4, -0.2) is 58.1 Å². The van der Waals surface area contributed by atoms with E-state index in [1.807, 2.05) is 0 Å². The van der Waals surface area contributed by atoms with Crippen molar-refractivity contribution >= 4 is 11.8 Å². The van der Waals surface area contributed by atoms with E-state index in [0.29, 0.717) is 25.3 Å². The zero-order valence-electron chi connectivity index (χ0n) is 14.8. The molecule has 1 aliphatic carbocycles. The highest BCUT2D eigenvalue weighted by molar-refractivity contribution is 5.80. The molecule has 9 nitrogen and oxygen atoms in total. The van der Waals surface area contributed by atoms with Crippen LogP contribution in [0, 0.1) is 6.92 Å². The lowest BCUT2D eigenvalue weighted by molar-refractivity contribution is -0.142. The van der Waals surface area contributed by atoms with Crippen LogP contribution in [-0.2, 0) is 20.9 Å². The number of aryl methyl sites for hydroxylation is 1. The Labute approximate surface area is 150 Å². The summed E-state index contributed by atoms with van der Waals surface area (Å²) in [6.07, 6.45) is 4.70. The van der Waals surface area contributed by atoms with E-state index in [0.717, 1.165) is 19.3 Å². The van der Waals surface area contributed by atoms with Crippen molar-refractivity contribution in [3.05, 3.63) is 32.6 Å². The van der Waals surface area contributed by atoms with E-state index in [4.69, 9.17) is 4.74 Å². The molecule has 1 saturated heterocycles. The van der Waals surface area contributed by atoms with Crippen LogP contribution < -0.4 is 16.6 Å². The Morgan fingerprint density at radius 2 is 2.12 bits per heavy atom. The van der Waals surface area contributed by atoms with Crippen LogP contribution in [0.2, 0.25) is 0 Å². The molecule has 26 heavy (non-hydrogen) atoms. The lowest BCUT2D eigenvalue weighted by Gasteiger charge is -2.36. The second-order valence-electron chi connectivity index (χ2n) is 6.91. The summed E-state index contributed by atoms with van der Waals surface area (Å²) in [6, 6.07) is -0.102. The second kappa shape index (κ2) is 7.86. The van der Waals surface area contributed by atoms with Gasteiger partial charge in [-0.2, -0.15) is 0 Å². The molecule has 3 rings (SSSR count). The molecule has 2 amide bonds. The summed E-state index contributed by atoms with van der Waals surface area (Å²) in [6.45, 7) is 2.45. The van der Waals surface area contributed by atoms with Crippen molar-refractivity contribution < 1.29 is 14.3 Å². The standard InChI is InChI=1S/C17H24N4O5/c1-11-8-20(17(25)19-16(11)24)9-15(23)21-5-6-26-10-13(21)7-14(22)18-12-3-2-4-12/h8,12-13H,2-7,9-10H2,1H3,(H,18,22)(H,19,24,25)/t13-/m1/s1. The Balaban J connectivity index is 1.65. The molecule has 2 heterocycles. The van der Waals surface area contributed by atoms with Gasteiger partial charge in [-0.25, -0.2) is 4.79 Å². The molecule has 0 aromatic carbocycles. The Hall–Kier alpha value is -2.42. The van der Waals surface area contributed by atoms with E-state index in [9.17, 15) is 19.2 Å². The average Bonchev–Trinajstić information content (AvgIpc) is 2.56. The van der Waals surface area contributed by atoms with Gasteiger partial charge in [-0.1, -0.05) is 0 Å². The molecule has 1 saturated carbocycles. The number of aromatic nitrogens is 2. The third kappa shape index (κ3) is 4.21. The molecule has 142 valence electrons. The maximum Gasteiger partial charge on any atom is 0.328 e. The highest BCUT2D eigenvalue weighted by Crippen LogP contribution is 2.19.